The quantitative estimate of drug-likeness (QED) is 0.682. The monoisotopic (exact) mass is 410 g/mol. The highest BCUT2D eigenvalue weighted by molar-refractivity contribution is 7.90. The van der Waals surface area contributed by atoms with E-state index in [1.54, 1.807) is 6.07 Å². The lowest BCUT2D eigenvalue weighted by molar-refractivity contribution is -0.222. The average molecular weight is 411 g/mol. The van der Waals surface area contributed by atoms with Crippen LogP contribution >= 0.6 is 0 Å². The van der Waals surface area contributed by atoms with E-state index in [1.165, 1.54) is 0 Å². The molecule has 0 bridgehead atoms. The number of nitrogens with zero attached hydrogens (tertiary/aromatic N) is 1. The van der Waals surface area contributed by atoms with Crippen LogP contribution in [0.2, 0.25) is 0 Å². The third-order valence-corrected chi connectivity index (χ3v) is 7.91. The van der Waals surface area contributed by atoms with Crippen molar-refractivity contribution in [1.82, 2.24) is 9.62 Å². The zero-order valence-corrected chi connectivity index (χ0v) is 17.2. The summed E-state index contributed by atoms with van der Waals surface area (Å²) in [7, 11) is -3.12. The molecule has 1 saturated carbocycles. The SMILES string of the molecule is CCOc1cc(CN2CCC3(CC2)C[C@H](CNS(=O)(=O)C2CC2)O3)ccc1O. The Balaban J connectivity index is 1.22. The summed E-state index contributed by atoms with van der Waals surface area (Å²) in [4.78, 5) is 2.39. The Morgan fingerprint density at radius 1 is 1.32 bits per heavy atom. The smallest absolute Gasteiger partial charge is 0.214 e. The fourth-order valence-electron chi connectivity index (χ4n) is 4.20. The Kier molecular flexibility index (Phi) is 5.57. The number of rotatable bonds is 8. The zero-order valence-electron chi connectivity index (χ0n) is 16.4. The second kappa shape index (κ2) is 7.82. The highest BCUT2D eigenvalue weighted by Gasteiger charge is 2.47. The second-order valence-corrected chi connectivity index (χ2v) is 10.3. The number of likely N-dealkylation sites (tertiary alicyclic amines) is 1. The highest BCUT2D eigenvalue weighted by atomic mass is 32.2. The Hall–Kier alpha value is -1.35. The number of piperidine rings is 1. The van der Waals surface area contributed by atoms with Gasteiger partial charge in [-0.05, 0) is 50.3 Å². The molecule has 0 amide bonds. The fraction of sp³-hybridized carbons (Fsp3) is 0.700. The van der Waals surface area contributed by atoms with Crippen molar-refractivity contribution in [2.45, 2.75) is 62.5 Å². The van der Waals surface area contributed by atoms with Gasteiger partial charge in [0.05, 0.1) is 23.6 Å². The van der Waals surface area contributed by atoms with Crippen molar-refractivity contribution >= 4 is 10.0 Å². The maximum atomic E-state index is 11.9. The molecule has 1 spiro atoms. The predicted molar refractivity (Wildman–Crippen MR) is 106 cm³/mol. The lowest BCUT2D eigenvalue weighted by atomic mass is 9.80. The summed E-state index contributed by atoms with van der Waals surface area (Å²) >= 11 is 0. The molecule has 1 aromatic carbocycles. The molecule has 28 heavy (non-hydrogen) atoms. The maximum absolute atomic E-state index is 11.9. The van der Waals surface area contributed by atoms with Gasteiger partial charge in [-0.2, -0.15) is 0 Å². The third kappa shape index (κ3) is 4.45. The Morgan fingerprint density at radius 2 is 2.04 bits per heavy atom. The Bertz CT molecular complexity index is 793. The molecule has 8 heteroatoms. The van der Waals surface area contributed by atoms with Crippen molar-refractivity contribution in [3.8, 4) is 11.5 Å². The van der Waals surface area contributed by atoms with Crippen molar-refractivity contribution in [2.24, 2.45) is 0 Å². The summed E-state index contributed by atoms with van der Waals surface area (Å²) in [6.07, 6.45) is 4.44. The van der Waals surface area contributed by atoms with Crippen LogP contribution in [0.3, 0.4) is 0 Å². The van der Waals surface area contributed by atoms with Crippen LogP contribution in [0, 0.1) is 0 Å². The van der Waals surface area contributed by atoms with Gasteiger partial charge in [-0.3, -0.25) is 4.90 Å². The first kappa shape index (κ1) is 19.9. The Morgan fingerprint density at radius 3 is 2.68 bits per heavy atom. The summed E-state index contributed by atoms with van der Waals surface area (Å²) < 4.78 is 38.1. The topological polar surface area (TPSA) is 88.1 Å². The van der Waals surface area contributed by atoms with E-state index in [9.17, 15) is 13.5 Å². The zero-order chi connectivity index (χ0) is 19.8. The van der Waals surface area contributed by atoms with Gasteiger partial charge >= 0.3 is 0 Å². The molecule has 2 saturated heterocycles. The molecule has 0 radical (unpaired) electrons. The molecule has 0 unspecified atom stereocenters. The van der Waals surface area contributed by atoms with Crippen molar-refractivity contribution in [2.75, 3.05) is 26.2 Å². The van der Waals surface area contributed by atoms with Crippen molar-refractivity contribution in [1.29, 1.82) is 0 Å². The van der Waals surface area contributed by atoms with Gasteiger partial charge in [0.25, 0.3) is 0 Å². The maximum Gasteiger partial charge on any atom is 0.214 e. The van der Waals surface area contributed by atoms with Crippen molar-refractivity contribution in [3.63, 3.8) is 0 Å². The number of hydrogen-bond acceptors (Lipinski definition) is 6. The number of ether oxygens (including phenoxy) is 2. The molecule has 156 valence electrons. The van der Waals surface area contributed by atoms with Gasteiger partial charge in [-0.15, -0.1) is 0 Å². The highest BCUT2D eigenvalue weighted by Crippen LogP contribution is 2.41. The van der Waals surface area contributed by atoms with E-state index >= 15 is 0 Å². The average Bonchev–Trinajstić information content (AvgIpc) is 3.48. The minimum atomic E-state index is -3.12. The van der Waals surface area contributed by atoms with Gasteiger partial charge in [0, 0.05) is 32.6 Å². The summed E-state index contributed by atoms with van der Waals surface area (Å²) in [5, 5.41) is 9.66. The summed E-state index contributed by atoms with van der Waals surface area (Å²) in [6, 6.07) is 5.53. The van der Waals surface area contributed by atoms with E-state index in [1.807, 2.05) is 19.1 Å². The lowest BCUT2D eigenvalue weighted by Crippen LogP contribution is -2.59. The number of aromatic hydroxyl groups is 1. The standard InChI is InChI=1S/C20H30N2O5S/c1-2-26-19-11-15(3-6-18(19)23)14-22-9-7-20(8-10-22)12-16(27-20)13-21-28(24,25)17-4-5-17/h3,6,11,16-17,21,23H,2,4-5,7-10,12-14H2,1H3/t16-/m1/s1. The minimum absolute atomic E-state index is 0.00549. The van der Waals surface area contributed by atoms with E-state index < -0.39 is 10.0 Å². The van der Waals surface area contributed by atoms with Gasteiger partial charge in [0.2, 0.25) is 10.0 Å². The minimum Gasteiger partial charge on any atom is -0.504 e. The first-order valence-corrected chi connectivity index (χ1v) is 11.8. The van der Waals surface area contributed by atoms with E-state index in [-0.39, 0.29) is 22.7 Å². The van der Waals surface area contributed by atoms with Crippen LogP contribution in [-0.4, -0.2) is 61.6 Å². The molecule has 2 aliphatic heterocycles. The molecular weight excluding hydrogens is 380 g/mol. The van der Waals surface area contributed by atoms with Gasteiger partial charge in [-0.1, -0.05) is 6.07 Å². The summed E-state index contributed by atoms with van der Waals surface area (Å²) in [5.41, 5.74) is 1.05. The van der Waals surface area contributed by atoms with E-state index in [2.05, 4.69) is 9.62 Å². The third-order valence-electron chi connectivity index (χ3n) is 5.99. The van der Waals surface area contributed by atoms with Gasteiger partial charge in [0.15, 0.2) is 11.5 Å². The van der Waals surface area contributed by atoms with Crippen molar-refractivity contribution in [3.05, 3.63) is 23.8 Å². The van der Waals surface area contributed by atoms with Gasteiger partial charge in [-0.25, -0.2) is 13.1 Å². The molecule has 3 aliphatic rings. The largest absolute Gasteiger partial charge is 0.504 e. The molecular formula is C20H30N2O5S. The summed E-state index contributed by atoms with van der Waals surface area (Å²) in [6.45, 7) is 5.55. The predicted octanol–water partition coefficient (Wildman–Crippen LogP) is 2.00. The number of sulfonamides is 1. The second-order valence-electron chi connectivity index (χ2n) is 8.23. The molecule has 0 aromatic heterocycles. The number of benzene rings is 1. The van der Waals surface area contributed by atoms with Gasteiger partial charge in [0.1, 0.15) is 0 Å². The first-order valence-electron chi connectivity index (χ1n) is 10.2. The lowest BCUT2D eigenvalue weighted by Gasteiger charge is -2.52. The number of hydrogen-bond donors (Lipinski definition) is 2. The van der Waals surface area contributed by atoms with Crippen LogP contribution in [-0.2, 0) is 21.3 Å². The molecule has 3 fully saturated rings. The molecule has 7 nitrogen and oxygen atoms in total. The van der Waals surface area contributed by atoms with Crippen LogP contribution in [0.1, 0.15) is 44.6 Å². The fourth-order valence-corrected chi connectivity index (χ4v) is 5.62. The number of phenols is 1. The van der Waals surface area contributed by atoms with Crippen LogP contribution < -0.4 is 9.46 Å². The molecule has 1 atom stereocenters. The van der Waals surface area contributed by atoms with E-state index in [4.69, 9.17) is 9.47 Å². The van der Waals surface area contributed by atoms with Crippen LogP contribution in [0.15, 0.2) is 18.2 Å². The normalized spacial score (nSPS) is 24.8. The molecule has 2 heterocycles. The van der Waals surface area contributed by atoms with Gasteiger partial charge < -0.3 is 14.6 Å². The molecule has 2 N–H and O–H groups in total. The van der Waals surface area contributed by atoms with Crippen molar-refractivity contribution < 1.29 is 23.0 Å². The van der Waals surface area contributed by atoms with Crippen LogP contribution in [0.4, 0.5) is 0 Å². The Labute approximate surface area is 167 Å². The number of nitrogens with one attached hydrogen (secondary N) is 1. The van der Waals surface area contributed by atoms with Crippen LogP contribution in [0.25, 0.3) is 0 Å². The molecule has 1 aliphatic carbocycles. The summed E-state index contributed by atoms with van der Waals surface area (Å²) in [5.74, 6) is 0.710. The van der Waals surface area contributed by atoms with E-state index in [0.717, 1.165) is 57.3 Å². The molecule has 4 rings (SSSR count). The molecule has 1 aromatic rings. The number of phenolic OH excluding ortho intramolecular Hbond substituents is 1. The first-order chi connectivity index (χ1) is 13.4. The van der Waals surface area contributed by atoms with Crippen LogP contribution in [0.5, 0.6) is 11.5 Å². The van der Waals surface area contributed by atoms with E-state index in [0.29, 0.717) is 18.9 Å².